The monoisotopic (exact) mass is 283 g/mol. The van der Waals surface area contributed by atoms with Crippen LogP contribution in [-0.4, -0.2) is 32.0 Å². The fraction of sp³-hybridized carbons (Fsp3) is 0.786. The quantitative estimate of drug-likeness (QED) is 0.835. The second-order valence-corrected chi connectivity index (χ2v) is 7.13. The molecule has 19 heavy (non-hydrogen) atoms. The minimum Gasteiger partial charge on any atom is -0.309 e. The zero-order valence-corrected chi connectivity index (χ0v) is 12.8. The predicted octanol–water partition coefficient (Wildman–Crippen LogP) is 2.24. The highest BCUT2D eigenvalue weighted by atomic mass is 32.2. The van der Waals surface area contributed by atoms with Crippen molar-refractivity contribution in [3.63, 3.8) is 0 Å². The molecule has 2 rings (SSSR count). The molecule has 2 atom stereocenters. The summed E-state index contributed by atoms with van der Waals surface area (Å²) in [5, 5.41) is 8.10. The lowest BCUT2D eigenvalue weighted by atomic mass is 10.2. The fourth-order valence-electron chi connectivity index (χ4n) is 2.57. The van der Waals surface area contributed by atoms with Crippen LogP contribution >= 0.6 is 0 Å². The molecule has 2 unspecified atom stereocenters. The maximum Gasteiger partial charge on any atom is 0.0762 e. The van der Waals surface area contributed by atoms with Gasteiger partial charge in [-0.15, -0.1) is 0 Å². The molecular formula is C14H25N3OS. The first-order valence-corrected chi connectivity index (χ1v) is 8.95. The van der Waals surface area contributed by atoms with Gasteiger partial charge in [0.15, 0.2) is 0 Å². The molecule has 1 aromatic heterocycles. The number of nitrogens with zero attached hydrogens (tertiary/aromatic N) is 2. The highest BCUT2D eigenvalue weighted by Crippen LogP contribution is 2.28. The number of rotatable bonds is 7. The van der Waals surface area contributed by atoms with Gasteiger partial charge < -0.3 is 5.32 Å². The molecule has 0 spiro atoms. The zero-order valence-electron chi connectivity index (χ0n) is 12.0. The maximum atomic E-state index is 11.0. The van der Waals surface area contributed by atoms with Gasteiger partial charge in [-0.25, -0.2) is 0 Å². The van der Waals surface area contributed by atoms with Crippen molar-refractivity contribution < 1.29 is 4.21 Å². The minimum atomic E-state index is -0.692. The molecule has 0 radical (unpaired) electrons. The maximum absolute atomic E-state index is 11.0. The van der Waals surface area contributed by atoms with E-state index in [4.69, 9.17) is 0 Å². The molecule has 1 aromatic rings. The van der Waals surface area contributed by atoms with Crippen molar-refractivity contribution in [3.8, 4) is 0 Å². The molecule has 4 nitrogen and oxygen atoms in total. The van der Waals surface area contributed by atoms with E-state index in [1.54, 1.807) is 6.26 Å². The van der Waals surface area contributed by atoms with Crippen molar-refractivity contribution in [1.29, 1.82) is 0 Å². The van der Waals surface area contributed by atoms with Crippen LogP contribution in [-0.2, 0) is 17.3 Å². The Morgan fingerprint density at radius 1 is 1.53 bits per heavy atom. The van der Waals surface area contributed by atoms with E-state index in [-0.39, 0.29) is 0 Å². The number of hydrogen-bond donors (Lipinski definition) is 1. The summed E-state index contributed by atoms with van der Waals surface area (Å²) in [5.41, 5.74) is 1.11. The Bertz CT molecular complexity index is 413. The van der Waals surface area contributed by atoms with Crippen molar-refractivity contribution in [2.24, 2.45) is 0 Å². The molecular weight excluding hydrogens is 258 g/mol. The Kier molecular flexibility index (Phi) is 5.58. The van der Waals surface area contributed by atoms with E-state index in [2.05, 4.69) is 34.3 Å². The second-order valence-electron chi connectivity index (χ2n) is 5.57. The van der Waals surface area contributed by atoms with Gasteiger partial charge in [0.2, 0.25) is 0 Å². The summed E-state index contributed by atoms with van der Waals surface area (Å²) in [6.45, 7) is 2.94. The molecule has 0 aliphatic heterocycles. The van der Waals surface area contributed by atoms with Gasteiger partial charge in [-0.3, -0.25) is 8.89 Å². The summed E-state index contributed by atoms with van der Waals surface area (Å²) >= 11 is 0. The zero-order chi connectivity index (χ0) is 13.7. The Morgan fingerprint density at radius 2 is 2.26 bits per heavy atom. The Hall–Kier alpha value is -0.680. The molecule has 1 aliphatic rings. The van der Waals surface area contributed by atoms with Crippen LogP contribution in [0.4, 0.5) is 0 Å². The van der Waals surface area contributed by atoms with Crippen molar-refractivity contribution >= 4 is 10.8 Å². The molecule has 1 aliphatic carbocycles. The third-order valence-corrected chi connectivity index (χ3v) is 4.64. The summed E-state index contributed by atoms with van der Waals surface area (Å²) in [6, 6.07) is 3.12. The van der Waals surface area contributed by atoms with Crippen LogP contribution in [0.2, 0.25) is 0 Å². The molecule has 0 saturated heterocycles. The van der Waals surface area contributed by atoms with E-state index in [9.17, 15) is 4.21 Å². The van der Waals surface area contributed by atoms with Crippen molar-refractivity contribution in [3.05, 3.63) is 18.0 Å². The van der Waals surface area contributed by atoms with Crippen molar-refractivity contribution in [2.45, 2.75) is 57.7 Å². The largest absolute Gasteiger partial charge is 0.309 e. The van der Waals surface area contributed by atoms with Gasteiger partial charge >= 0.3 is 0 Å². The summed E-state index contributed by atoms with van der Waals surface area (Å²) in [6.07, 6.45) is 10.0. The molecule has 5 heteroatoms. The Labute approximate surface area is 118 Å². The third kappa shape index (κ3) is 4.73. The predicted molar refractivity (Wildman–Crippen MR) is 79.6 cm³/mol. The van der Waals surface area contributed by atoms with E-state index in [0.717, 1.165) is 24.4 Å². The second kappa shape index (κ2) is 7.20. The molecule has 1 N–H and O–H groups in total. The van der Waals surface area contributed by atoms with Crippen LogP contribution in [0.15, 0.2) is 12.3 Å². The first-order chi connectivity index (χ1) is 9.15. The summed E-state index contributed by atoms with van der Waals surface area (Å²) in [5.74, 6) is 0.769. The van der Waals surface area contributed by atoms with Gasteiger partial charge in [0.25, 0.3) is 0 Å². The lowest BCUT2D eigenvalue weighted by Gasteiger charge is -2.12. The highest BCUT2D eigenvalue weighted by Gasteiger charge is 2.17. The average Bonchev–Trinajstić information content (AvgIpc) is 3.03. The molecule has 1 saturated carbocycles. The SMILES string of the molecule is CC(CCS(C)=O)NCc1ccn(C2CCCC2)n1. The van der Waals surface area contributed by atoms with Crippen LogP contribution in [0.25, 0.3) is 0 Å². The van der Waals surface area contributed by atoms with Gasteiger partial charge in [0.05, 0.1) is 11.7 Å². The molecule has 0 bridgehead atoms. The molecule has 1 heterocycles. The Balaban J connectivity index is 1.75. The van der Waals surface area contributed by atoms with Crippen LogP contribution in [0, 0.1) is 0 Å². The first kappa shape index (κ1) is 14.7. The lowest BCUT2D eigenvalue weighted by Crippen LogP contribution is -2.27. The van der Waals surface area contributed by atoms with Crippen molar-refractivity contribution in [2.75, 3.05) is 12.0 Å². The van der Waals surface area contributed by atoms with E-state index in [1.165, 1.54) is 25.7 Å². The third-order valence-electron chi connectivity index (χ3n) is 3.83. The number of hydrogen-bond acceptors (Lipinski definition) is 3. The standard InChI is InChI=1S/C14H25N3OS/c1-12(8-10-19(2)18)15-11-13-7-9-17(16-13)14-5-3-4-6-14/h7,9,12,14-15H,3-6,8,10-11H2,1-2H3. The Morgan fingerprint density at radius 3 is 2.95 bits per heavy atom. The van der Waals surface area contributed by atoms with E-state index in [1.807, 2.05) is 0 Å². The molecule has 0 amide bonds. The van der Waals surface area contributed by atoms with Gasteiger partial charge in [0.1, 0.15) is 0 Å². The summed E-state index contributed by atoms with van der Waals surface area (Å²) in [4.78, 5) is 0. The van der Waals surface area contributed by atoms with Crippen LogP contribution < -0.4 is 5.32 Å². The molecule has 1 fully saturated rings. The minimum absolute atomic E-state index is 0.389. The summed E-state index contributed by atoms with van der Waals surface area (Å²) < 4.78 is 13.2. The summed E-state index contributed by atoms with van der Waals surface area (Å²) in [7, 11) is -0.692. The van der Waals surface area contributed by atoms with Crippen LogP contribution in [0.1, 0.15) is 50.8 Å². The normalized spacial score (nSPS) is 19.7. The number of aromatic nitrogens is 2. The van der Waals surface area contributed by atoms with Gasteiger partial charge in [0, 0.05) is 41.6 Å². The van der Waals surface area contributed by atoms with Crippen molar-refractivity contribution in [1.82, 2.24) is 15.1 Å². The highest BCUT2D eigenvalue weighted by molar-refractivity contribution is 7.84. The first-order valence-electron chi connectivity index (χ1n) is 7.22. The van der Waals surface area contributed by atoms with E-state index >= 15 is 0 Å². The van der Waals surface area contributed by atoms with Gasteiger partial charge in [-0.1, -0.05) is 12.8 Å². The molecule has 108 valence electrons. The van der Waals surface area contributed by atoms with Gasteiger partial charge in [-0.05, 0) is 32.3 Å². The lowest BCUT2D eigenvalue weighted by molar-refractivity contribution is 0.456. The molecule has 0 aromatic carbocycles. The van der Waals surface area contributed by atoms with Crippen LogP contribution in [0.5, 0.6) is 0 Å². The topological polar surface area (TPSA) is 46.9 Å². The average molecular weight is 283 g/mol. The van der Waals surface area contributed by atoms with E-state index in [0.29, 0.717) is 12.1 Å². The van der Waals surface area contributed by atoms with Gasteiger partial charge in [-0.2, -0.15) is 5.10 Å². The number of nitrogens with one attached hydrogen (secondary N) is 1. The van der Waals surface area contributed by atoms with Crippen LogP contribution in [0.3, 0.4) is 0 Å². The fourth-order valence-corrected chi connectivity index (χ4v) is 3.25. The van der Waals surface area contributed by atoms with E-state index < -0.39 is 10.8 Å². The smallest absolute Gasteiger partial charge is 0.0762 e.